The maximum atomic E-state index is 4.80. The van der Waals surface area contributed by atoms with Crippen molar-refractivity contribution in [3.05, 3.63) is 71.3 Å². The number of H-pyrrole nitrogens is 1. The van der Waals surface area contributed by atoms with Crippen LogP contribution in [-0.4, -0.2) is 39.0 Å². The van der Waals surface area contributed by atoms with Gasteiger partial charge >= 0.3 is 0 Å². The minimum absolute atomic E-state index is 0.405. The monoisotopic (exact) mass is 466 g/mol. The SMILES string of the molecule is Cc1cc(-c2[nH]c3ccc(-c4ccnc(C5CCN(C(C)C)CC5)c4)cc3c2C(C)C)cc(C)n1. The molecule has 1 saturated heterocycles. The van der Waals surface area contributed by atoms with Gasteiger partial charge in [-0.15, -0.1) is 0 Å². The highest BCUT2D eigenvalue weighted by Gasteiger charge is 2.23. The van der Waals surface area contributed by atoms with Crippen LogP contribution >= 0.6 is 0 Å². The quantitative estimate of drug-likeness (QED) is 0.329. The summed E-state index contributed by atoms with van der Waals surface area (Å²) in [5.41, 5.74) is 10.9. The van der Waals surface area contributed by atoms with E-state index in [9.17, 15) is 0 Å². The van der Waals surface area contributed by atoms with E-state index < -0.39 is 0 Å². The molecule has 0 radical (unpaired) electrons. The highest BCUT2D eigenvalue weighted by Crippen LogP contribution is 2.38. The molecule has 1 aromatic carbocycles. The van der Waals surface area contributed by atoms with Crippen LogP contribution in [0.4, 0.5) is 0 Å². The number of nitrogens with zero attached hydrogens (tertiary/aromatic N) is 3. The number of fused-ring (bicyclic) bond motifs is 1. The molecule has 4 aromatic rings. The summed E-state index contributed by atoms with van der Waals surface area (Å²) < 4.78 is 0. The van der Waals surface area contributed by atoms with Gasteiger partial charge in [-0.05, 0) is 113 Å². The minimum atomic E-state index is 0.405. The van der Waals surface area contributed by atoms with E-state index in [2.05, 4.69) is 98.9 Å². The Morgan fingerprint density at radius 2 is 1.54 bits per heavy atom. The lowest BCUT2D eigenvalue weighted by Crippen LogP contribution is -2.37. The van der Waals surface area contributed by atoms with E-state index in [-0.39, 0.29) is 0 Å². The first kappa shape index (κ1) is 23.7. The fraction of sp³-hybridized carbons (Fsp3) is 0.419. The highest BCUT2D eigenvalue weighted by atomic mass is 15.1. The molecule has 4 nitrogen and oxygen atoms in total. The molecule has 1 N–H and O–H groups in total. The zero-order valence-corrected chi connectivity index (χ0v) is 22.0. The number of aromatic nitrogens is 3. The first-order valence-electron chi connectivity index (χ1n) is 13.1. The number of aryl methyl sites for hydroxylation is 2. The molecule has 35 heavy (non-hydrogen) atoms. The van der Waals surface area contributed by atoms with Crippen molar-refractivity contribution in [1.29, 1.82) is 0 Å². The Morgan fingerprint density at radius 3 is 2.20 bits per heavy atom. The van der Waals surface area contributed by atoms with Gasteiger partial charge in [0.05, 0.1) is 5.69 Å². The lowest BCUT2D eigenvalue weighted by Gasteiger charge is -2.34. The van der Waals surface area contributed by atoms with Crippen LogP contribution in [0, 0.1) is 13.8 Å². The third-order valence-electron chi connectivity index (χ3n) is 7.58. The lowest BCUT2D eigenvalue weighted by atomic mass is 9.90. The van der Waals surface area contributed by atoms with Crippen LogP contribution in [0.5, 0.6) is 0 Å². The Morgan fingerprint density at radius 1 is 0.857 bits per heavy atom. The van der Waals surface area contributed by atoms with Crippen LogP contribution in [-0.2, 0) is 0 Å². The molecule has 182 valence electrons. The third kappa shape index (κ3) is 4.77. The number of likely N-dealkylation sites (tertiary alicyclic amines) is 1. The predicted molar refractivity (Wildman–Crippen MR) is 147 cm³/mol. The van der Waals surface area contributed by atoms with Crippen molar-refractivity contribution in [3.63, 3.8) is 0 Å². The van der Waals surface area contributed by atoms with Gasteiger partial charge < -0.3 is 9.88 Å². The topological polar surface area (TPSA) is 44.8 Å². The van der Waals surface area contributed by atoms with Crippen LogP contribution in [0.2, 0.25) is 0 Å². The number of hydrogen-bond acceptors (Lipinski definition) is 3. The van der Waals surface area contributed by atoms with Crippen LogP contribution < -0.4 is 0 Å². The number of nitrogens with one attached hydrogen (secondary N) is 1. The van der Waals surface area contributed by atoms with E-state index in [0.717, 1.165) is 24.5 Å². The zero-order valence-electron chi connectivity index (χ0n) is 22.0. The van der Waals surface area contributed by atoms with Crippen molar-refractivity contribution >= 4 is 10.9 Å². The summed E-state index contributed by atoms with van der Waals surface area (Å²) in [5.74, 6) is 0.957. The average molecular weight is 467 g/mol. The van der Waals surface area contributed by atoms with Crippen LogP contribution in [0.3, 0.4) is 0 Å². The van der Waals surface area contributed by atoms with E-state index >= 15 is 0 Å². The molecular formula is C31H38N4. The number of rotatable bonds is 5. The Labute approximate surface area is 209 Å². The summed E-state index contributed by atoms with van der Waals surface area (Å²) >= 11 is 0. The molecule has 4 heterocycles. The van der Waals surface area contributed by atoms with E-state index in [1.54, 1.807) is 0 Å². The molecule has 4 heteroatoms. The van der Waals surface area contributed by atoms with Gasteiger partial charge in [-0.25, -0.2) is 0 Å². The van der Waals surface area contributed by atoms with Crippen LogP contribution in [0.1, 0.15) is 75.0 Å². The highest BCUT2D eigenvalue weighted by molar-refractivity contribution is 5.94. The van der Waals surface area contributed by atoms with Crippen molar-refractivity contribution < 1.29 is 0 Å². The van der Waals surface area contributed by atoms with Gasteiger partial charge in [0.2, 0.25) is 0 Å². The van der Waals surface area contributed by atoms with Crippen molar-refractivity contribution in [1.82, 2.24) is 19.9 Å². The van der Waals surface area contributed by atoms with E-state index in [1.165, 1.54) is 57.4 Å². The second-order valence-electron chi connectivity index (χ2n) is 10.8. The number of benzene rings is 1. The normalized spacial score (nSPS) is 15.5. The van der Waals surface area contributed by atoms with E-state index in [0.29, 0.717) is 17.9 Å². The summed E-state index contributed by atoms with van der Waals surface area (Å²) in [4.78, 5) is 15.7. The third-order valence-corrected chi connectivity index (χ3v) is 7.58. The number of hydrogen-bond donors (Lipinski definition) is 1. The Bertz CT molecular complexity index is 1320. The lowest BCUT2D eigenvalue weighted by molar-refractivity contribution is 0.171. The summed E-state index contributed by atoms with van der Waals surface area (Å²) in [6.45, 7) is 15.6. The largest absolute Gasteiger partial charge is 0.354 e. The van der Waals surface area contributed by atoms with Gasteiger partial charge in [0.25, 0.3) is 0 Å². The summed E-state index contributed by atoms with van der Waals surface area (Å²) in [6, 6.07) is 16.3. The minimum Gasteiger partial charge on any atom is -0.354 e. The molecule has 1 aliphatic heterocycles. The molecule has 0 unspecified atom stereocenters. The molecule has 0 spiro atoms. The van der Waals surface area contributed by atoms with Gasteiger partial charge in [-0.3, -0.25) is 9.97 Å². The van der Waals surface area contributed by atoms with E-state index in [1.807, 2.05) is 6.20 Å². The van der Waals surface area contributed by atoms with Crippen molar-refractivity contribution in [2.75, 3.05) is 13.1 Å². The molecule has 0 atom stereocenters. The molecule has 0 aliphatic carbocycles. The fourth-order valence-electron chi connectivity index (χ4n) is 5.76. The maximum Gasteiger partial charge on any atom is 0.0501 e. The number of piperidine rings is 1. The predicted octanol–water partition coefficient (Wildman–Crippen LogP) is 7.62. The molecule has 5 rings (SSSR count). The first-order valence-corrected chi connectivity index (χ1v) is 13.1. The first-order chi connectivity index (χ1) is 16.8. The average Bonchev–Trinajstić information content (AvgIpc) is 3.23. The van der Waals surface area contributed by atoms with Crippen LogP contribution in [0.25, 0.3) is 33.3 Å². The molecule has 1 fully saturated rings. The second-order valence-corrected chi connectivity index (χ2v) is 10.8. The molecular weight excluding hydrogens is 428 g/mol. The van der Waals surface area contributed by atoms with Crippen molar-refractivity contribution in [2.45, 2.75) is 72.3 Å². The van der Waals surface area contributed by atoms with Gasteiger partial charge in [-0.2, -0.15) is 0 Å². The van der Waals surface area contributed by atoms with E-state index in [4.69, 9.17) is 4.98 Å². The Hall–Kier alpha value is -2.98. The summed E-state index contributed by atoms with van der Waals surface area (Å²) in [7, 11) is 0. The summed E-state index contributed by atoms with van der Waals surface area (Å²) in [6.07, 6.45) is 4.38. The van der Waals surface area contributed by atoms with Gasteiger partial charge in [0.1, 0.15) is 0 Å². The fourth-order valence-corrected chi connectivity index (χ4v) is 5.76. The molecule has 0 amide bonds. The second kappa shape index (κ2) is 9.58. The molecule has 1 aliphatic rings. The standard InChI is InChI=1S/C31H38N4/c1-19(2)30-27-17-24(7-8-28(27)34-31(30)26-15-21(5)33-22(6)16-26)25-9-12-32-29(18-25)23-10-13-35(14-11-23)20(3)4/h7-9,12,15-20,23,34H,10-11,13-14H2,1-6H3. The smallest absolute Gasteiger partial charge is 0.0501 e. The molecule has 0 saturated carbocycles. The molecule has 0 bridgehead atoms. The van der Waals surface area contributed by atoms with Crippen LogP contribution in [0.15, 0.2) is 48.7 Å². The van der Waals surface area contributed by atoms with Gasteiger partial charge in [0.15, 0.2) is 0 Å². The number of aromatic amines is 1. The number of pyridine rings is 2. The Kier molecular flexibility index (Phi) is 6.50. The zero-order chi connectivity index (χ0) is 24.7. The van der Waals surface area contributed by atoms with Crippen molar-refractivity contribution in [3.8, 4) is 22.4 Å². The maximum absolute atomic E-state index is 4.80. The summed E-state index contributed by atoms with van der Waals surface area (Å²) in [5, 5.41) is 1.31. The van der Waals surface area contributed by atoms with Crippen molar-refractivity contribution in [2.24, 2.45) is 0 Å². The molecule has 3 aromatic heterocycles. The van der Waals surface area contributed by atoms with Gasteiger partial charge in [-0.1, -0.05) is 19.9 Å². The van der Waals surface area contributed by atoms with Gasteiger partial charge in [0, 0.05) is 51.7 Å². The Balaban J connectivity index is 1.52.